The minimum atomic E-state index is 0.373. The van der Waals surface area contributed by atoms with Gasteiger partial charge in [0.15, 0.2) is 6.79 Å². The second kappa shape index (κ2) is 8.21. The van der Waals surface area contributed by atoms with Crippen molar-refractivity contribution in [2.75, 3.05) is 13.4 Å². The molecule has 1 fully saturated rings. The smallest absolute Gasteiger partial charge is 0.189 e. The zero-order valence-corrected chi connectivity index (χ0v) is 12.1. The van der Waals surface area contributed by atoms with Crippen LogP contribution in [0.2, 0.25) is 0 Å². The van der Waals surface area contributed by atoms with E-state index in [4.69, 9.17) is 9.47 Å². The van der Waals surface area contributed by atoms with Crippen molar-refractivity contribution in [2.45, 2.75) is 51.9 Å². The van der Waals surface area contributed by atoms with E-state index in [1.807, 2.05) is 12.1 Å². The lowest BCUT2D eigenvalue weighted by atomic mass is 9.87. The fraction of sp³-hybridized carbons (Fsp3) is 0.647. The lowest BCUT2D eigenvalue weighted by molar-refractivity contribution is 0.00763. The van der Waals surface area contributed by atoms with Crippen LogP contribution in [0.4, 0.5) is 0 Å². The largest absolute Gasteiger partial charge is 0.468 e. The van der Waals surface area contributed by atoms with Crippen molar-refractivity contribution >= 4 is 0 Å². The summed E-state index contributed by atoms with van der Waals surface area (Å²) in [5, 5.41) is 0. The van der Waals surface area contributed by atoms with Crippen LogP contribution in [0.25, 0.3) is 0 Å². The Bertz CT molecular complexity index is 339. The highest BCUT2D eigenvalue weighted by Gasteiger charge is 2.12. The van der Waals surface area contributed by atoms with Gasteiger partial charge in [0.1, 0.15) is 5.75 Å². The highest BCUT2D eigenvalue weighted by atomic mass is 16.7. The average Bonchev–Trinajstić information content (AvgIpc) is 2.49. The molecule has 0 radical (unpaired) electrons. The molecule has 0 atom stereocenters. The fourth-order valence-corrected chi connectivity index (χ4v) is 2.72. The minimum absolute atomic E-state index is 0.373. The summed E-state index contributed by atoms with van der Waals surface area (Å²) < 4.78 is 11.1. The molecule has 19 heavy (non-hydrogen) atoms. The van der Waals surface area contributed by atoms with E-state index in [0.717, 1.165) is 24.7 Å². The zero-order valence-electron chi connectivity index (χ0n) is 12.1. The normalized spacial score (nSPS) is 16.5. The third-order valence-electron chi connectivity index (χ3n) is 4.04. The van der Waals surface area contributed by atoms with Crippen LogP contribution < -0.4 is 4.74 Å². The second-order valence-electron chi connectivity index (χ2n) is 5.46. The zero-order chi connectivity index (χ0) is 13.3. The van der Waals surface area contributed by atoms with E-state index in [0.29, 0.717) is 6.79 Å². The molecule has 0 spiro atoms. The summed E-state index contributed by atoms with van der Waals surface area (Å²) in [4.78, 5) is 0. The van der Waals surface area contributed by atoms with Gasteiger partial charge in [0, 0.05) is 0 Å². The standard InChI is InChI=1S/C17H26O2/c1-2-15-8-10-17(11-9-15)19-14-18-13-12-16-6-4-3-5-7-16/h8-11,16H,2-7,12-14H2,1H3. The highest BCUT2D eigenvalue weighted by molar-refractivity contribution is 5.26. The summed E-state index contributed by atoms with van der Waals surface area (Å²) in [7, 11) is 0. The number of rotatable bonds is 7. The van der Waals surface area contributed by atoms with Gasteiger partial charge < -0.3 is 9.47 Å². The van der Waals surface area contributed by atoms with Crippen LogP contribution in [0.5, 0.6) is 5.75 Å². The van der Waals surface area contributed by atoms with Gasteiger partial charge in [0.25, 0.3) is 0 Å². The summed E-state index contributed by atoms with van der Waals surface area (Å²) in [5.41, 5.74) is 1.34. The Balaban J connectivity index is 1.55. The minimum Gasteiger partial charge on any atom is -0.468 e. The molecule has 0 saturated heterocycles. The molecule has 1 aromatic rings. The van der Waals surface area contributed by atoms with Crippen molar-refractivity contribution in [1.29, 1.82) is 0 Å². The molecule has 1 aromatic carbocycles. The average molecular weight is 262 g/mol. The van der Waals surface area contributed by atoms with Crippen LogP contribution in [-0.4, -0.2) is 13.4 Å². The molecule has 1 aliphatic carbocycles. The first-order valence-corrected chi connectivity index (χ1v) is 7.68. The molecule has 106 valence electrons. The van der Waals surface area contributed by atoms with Gasteiger partial charge in [-0.3, -0.25) is 0 Å². The van der Waals surface area contributed by atoms with E-state index in [2.05, 4.69) is 19.1 Å². The number of hydrogen-bond donors (Lipinski definition) is 0. The summed E-state index contributed by atoms with van der Waals surface area (Å²) in [5.74, 6) is 1.78. The van der Waals surface area contributed by atoms with Gasteiger partial charge in [-0.25, -0.2) is 0 Å². The quantitative estimate of drug-likeness (QED) is 0.529. The third-order valence-corrected chi connectivity index (χ3v) is 4.04. The van der Waals surface area contributed by atoms with Gasteiger partial charge in [-0.2, -0.15) is 0 Å². The first-order chi connectivity index (χ1) is 9.38. The molecule has 1 saturated carbocycles. The highest BCUT2D eigenvalue weighted by Crippen LogP contribution is 2.26. The van der Waals surface area contributed by atoms with E-state index < -0.39 is 0 Å². The third kappa shape index (κ3) is 5.23. The van der Waals surface area contributed by atoms with Crippen molar-refractivity contribution in [1.82, 2.24) is 0 Å². The van der Waals surface area contributed by atoms with Crippen molar-refractivity contribution in [3.8, 4) is 5.75 Å². The molecule has 0 aliphatic heterocycles. The summed E-state index contributed by atoms with van der Waals surface area (Å²) in [6, 6.07) is 8.25. The molecule has 0 bridgehead atoms. The van der Waals surface area contributed by atoms with Crippen molar-refractivity contribution in [3.63, 3.8) is 0 Å². The maximum absolute atomic E-state index is 5.57. The van der Waals surface area contributed by atoms with Gasteiger partial charge in [0.05, 0.1) is 6.61 Å². The van der Waals surface area contributed by atoms with Gasteiger partial charge in [0.2, 0.25) is 0 Å². The summed E-state index contributed by atoms with van der Waals surface area (Å²) >= 11 is 0. The summed E-state index contributed by atoms with van der Waals surface area (Å²) in [6.45, 7) is 3.36. The van der Waals surface area contributed by atoms with Gasteiger partial charge in [-0.1, -0.05) is 51.2 Å². The van der Waals surface area contributed by atoms with Crippen LogP contribution in [0.1, 0.15) is 51.0 Å². The lowest BCUT2D eigenvalue weighted by Gasteiger charge is -2.21. The maximum Gasteiger partial charge on any atom is 0.189 e. The van der Waals surface area contributed by atoms with Crippen LogP contribution in [0.15, 0.2) is 24.3 Å². The Hall–Kier alpha value is -1.02. The van der Waals surface area contributed by atoms with Crippen LogP contribution in [0, 0.1) is 5.92 Å². The van der Waals surface area contributed by atoms with E-state index >= 15 is 0 Å². The predicted molar refractivity (Wildman–Crippen MR) is 78.5 cm³/mol. The van der Waals surface area contributed by atoms with E-state index in [1.165, 1.54) is 44.1 Å². The first kappa shape index (κ1) is 14.4. The summed E-state index contributed by atoms with van der Waals surface area (Å²) in [6.07, 6.45) is 9.28. The Morgan fingerprint density at radius 2 is 1.79 bits per heavy atom. The molecule has 0 N–H and O–H groups in total. The molecule has 2 nitrogen and oxygen atoms in total. The number of benzene rings is 1. The predicted octanol–water partition coefficient (Wildman–Crippen LogP) is 4.57. The topological polar surface area (TPSA) is 18.5 Å². The van der Waals surface area contributed by atoms with Gasteiger partial charge >= 0.3 is 0 Å². The second-order valence-corrected chi connectivity index (χ2v) is 5.46. The number of aryl methyl sites for hydroxylation is 1. The monoisotopic (exact) mass is 262 g/mol. The van der Waals surface area contributed by atoms with Crippen LogP contribution in [-0.2, 0) is 11.2 Å². The molecule has 1 aliphatic rings. The first-order valence-electron chi connectivity index (χ1n) is 7.68. The van der Waals surface area contributed by atoms with Crippen LogP contribution in [0.3, 0.4) is 0 Å². The Kier molecular flexibility index (Phi) is 6.22. The fourth-order valence-electron chi connectivity index (χ4n) is 2.72. The number of ether oxygens (including phenoxy) is 2. The van der Waals surface area contributed by atoms with Gasteiger partial charge in [-0.15, -0.1) is 0 Å². The molecule has 2 heteroatoms. The van der Waals surface area contributed by atoms with E-state index in [9.17, 15) is 0 Å². The Morgan fingerprint density at radius 1 is 1.05 bits per heavy atom. The van der Waals surface area contributed by atoms with Crippen LogP contribution >= 0.6 is 0 Å². The molecule has 0 amide bonds. The lowest BCUT2D eigenvalue weighted by Crippen LogP contribution is -2.11. The van der Waals surface area contributed by atoms with Crippen molar-refractivity contribution < 1.29 is 9.47 Å². The Morgan fingerprint density at radius 3 is 2.47 bits per heavy atom. The molecule has 0 aromatic heterocycles. The number of hydrogen-bond acceptors (Lipinski definition) is 2. The maximum atomic E-state index is 5.57. The molecular weight excluding hydrogens is 236 g/mol. The molecule has 2 rings (SSSR count). The molecule has 0 unspecified atom stereocenters. The van der Waals surface area contributed by atoms with Crippen molar-refractivity contribution in [3.05, 3.63) is 29.8 Å². The SMILES string of the molecule is CCc1ccc(OCOCCC2CCCCC2)cc1. The van der Waals surface area contributed by atoms with E-state index in [1.54, 1.807) is 0 Å². The van der Waals surface area contributed by atoms with E-state index in [-0.39, 0.29) is 0 Å². The molecular formula is C17H26O2. The van der Waals surface area contributed by atoms with Gasteiger partial charge in [-0.05, 0) is 36.5 Å². The molecule has 0 heterocycles. The van der Waals surface area contributed by atoms with Crippen molar-refractivity contribution in [2.24, 2.45) is 5.92 Å². The Labute approximate surface area is 117 Å².